The van der Waals surface area contributed by atoms with Gasteiger partial charge in [-0.25, -0.2) is 13.8 Å². The summed E-state index contributed by atoms with van der Waals surface area (Å²) >= 11 is 0. The first-order chi connectivity index (χ1) is 13.7. The van der Waals surface area contributed by atoms with Gasteiger partial charge in [0.1, 0.15) is 22.6 Å². The maximum atomic E-state index is 14.7. The molecule has 0 atom stereocenters. The van der Waals surface area contributed by atoms with Gasteiger partial charge in [0.05, 0.1) is 11.3 Å². The van der Waals surface area contributed by atoms with Crippen molar-refractivity contribution in [2.45, 2.75) is 46.6 Å². The maximum absolute atomic E-state index is 14.7. The number of aryl methyl sites for hydroxylation is 2. The lowest BCUT2D eigenvalue weighted by Gasteiger charge is -2.18. The molecule has 29 heavy (non-hydrogen) atoms. The highest BCUT2D eigenvalue weighted by molar-refractivity contribution is 5.84. The monoisotopic (exact) mass is 401 g/mol. The standard InChI is InChI=1S/C19H18FN3O4.C2H6/c1-9-4-7-13(12(20)8-9)23-16-14(15(24)10(2)17(25)21(16)3)18(26)22(19(23)27)11-5-6-11;1-2/h4,7-8,11,24H,5-6H2,1-3H3;1-2H3. The molecular formula is C21H24FN3O4. The van der Waals surface area contributed by atoms with Crippen molar-refractivity contribution in [1.82, 2.24) is 13.7 Å². The molecule has 0 unspecified atom stereocenters. The first-order valence-corrected chi connectivity index (χ1v) is 9.60. The third-order valence-electron chi connectivity index (χ3n) is 5.06. The largest absolute Gasteiger partial charge is 0.506 e. The summed E-state index contributed by atoms with van der Waals surface area (Å²) in [6.45, 7) is 7.11. The van der Waals surface area contributed by atoms with Gasteiger partial charge in [-0.3, -0.25) is 18.7 Å². The van der Waals surface area contributed by atoms with Crippen LogP contribution >= 0.6 is 0 Å². The highest BCUT2D eigenvalue weighted by atomic mass is 19.1. The Kier molecular flexibility index (Phi) is 5.21. The van der Waals surface area contributed by atoms with Gasteiger partial charge in [0.25, 0.3) is 11.1 Å². The molecule has 0 saturated heterocycles. The molecule has 8 heteroatoms. The Morgan fingerprint density at radius 3 is 2.24 bits per heavy atom. The predicted molar refractivity (Wildman–Crippen MR) is 110 cm³/mol. The van der Waals surface area contributed by atoms with Crippen LogP contribution in [0.4, 0.5) is 4.39 Å². The molecule has 3 aromatic rings. The summed E-state index contributed by atoms with van der Waals surface area (Å²) in [5, 5.41) is 10.3. The van der Waals surface area contributed by atoms with E-state index in [1.807, 2.05) is 13.8 Å². The van der Waals surface area contributed by atoms with Gasteiger partial charge in [0.2, 0.25) is 0 Å². The minimum atomic E-state index is -0.726. The van der Waals surface area contributed by atoms with Crippen molar-refractivity contribution < 1.29 is 9.50 Å². The molecule has 1 N–H and O–H groups in total. The Balaban J connectivity index is 0.00000117. The number of hydrogen-bond donors (Lipinski definition) is 1. The van der Waals surface area contributed by atoms with Crippen LogP contribution < -0.4 is 16.8 Å². The zero-order valence-corrected chi connectivity index (χ0v) is 17.1. The Hall–Kier alpha value is -3.16. The van der Waals surface area contributed by atoms with Crippen LogP contribution in [0.1, 0.15) is 43.9 Å². The first-order valence-electron chi connectivity index (χ1n) is 9.60. The summed E-state index contributed by atoms with van der Waals surface area (Å²) < 4.78 is 17.9. The summed E-state index contributed by atoms with van der Waals surface area (Å²) in [4.78, 5) is 38.6. The molecule has 1 aliphatic carbocycles. The number of nitrogens with zero attached hydrogens (tertiary/aromatic N) is 3. The van der Waals surface area contributed by atoms with Crippen LogP contribution in [-0.4, -0.2) is 18.8 Å². The van der Waals surface area contributed by atoms with Gasteiger partial charge in [-0.2, -0.15) is 0 Å². The lowest BCUT2D eigenvalue weighted by molar-refractivity contribution is 0.472. The number of halogens is 1. The molecule has 1 saturated carbocycles. The normalized spacial score (nSPS) is 13.3. The molecule has 154 valence electrons. The van der Waals surface area contributed by atoms with Crippen LogP contribution in [0.15, 0.2) is 32.6 Å². The average Bonchev–Trinajstić information content (AvgIpc) is 3.52. The molecule has 1 aliphatic rings. The molecule has 4 rings (SSSR count). The van der Waals surface area contributed by atoms with E-state index in [-0.39, 0.29) is 28.3 Å². The van der Waals surface area contributed by atoms with E-state index >= 15 is 0 Å². The Labute approximate surface area is 166 Å². The SMILES string of the molecule is CC.Cc1ccc(-n2c(=O)n(C3CC3)c(=O)c3c(O)c(C)c(=O)n(C)c32)c(F)c1. The van der Waals surface area contributed by atoms with Crippen LogP contribution in [-0.2, 0) is 7.05 Å². The third-order valence-corrected chi connectivity index (χ3v) is 5.06. The van der Waals surface area contributed by atoms with Crippen molar-refractivity contribution in [1.29, 1.82) is 0 Å². The summed E-state index contributed by atoms with van der Waals surface area (Å²) in [6, 6.07) is 4.04. The zero-order chi connectivity index (χ0) is 21.6. The quantitative estimate of drug-likeness (QED) is 0.715. The van der Waals surface area contributed by atoms with E-state index in [2.05, 4.69) is 0 Å². The number of fused-ring (bicyclic) bond motifs is 1. The predicted octanol–water partition coefficient (Wildman–Crippen LogP) is 2.67. The molecular weight excluding hydrogens is 377 g/mol. The fourth-order valence-electron chi connectivity index (χ4n) is 3.44. The van der Waals surface area contributed by atoms with Crippen LogP contribution in [0.3, 0.4) is 0 Å². The minimum Gasteiger partial charge on any atom is -0.506 e. The van der Waals surface area contributed by atoms with Gasteiger partial charge < -0.3 is 5.11 Å². The van der Waals surface area contributed by atoms with Gasteiger partial charge in [-0.05, 0) is 44.4 Å². The minimum absolute atomic E-state index is 0.000904. The highest BCUT2D eigenvalue weighted by Crippen LogP contribution is 2.33. The fraction of sp³-hybridized carbons (Fsp3) is 0.381. The van der Waals surface area contributed by atoms with E-state index in [1.165, 1.54) is 26.1 Å². The number of rotatable bonds is 2. The number of aromatic nitrogens is 3. The molecule has 0 radical (unpaired) electrons. The number of pyridine rings is 1. The molecule has 2 heterocycles. The highest BCUT2D eigenvalue weighted by Gasteiger charge is 2.31. The molecule has 0 amide bonds. The summed E-state index contributed by atoms with van der Waals surface area (Å²) in [6.07, 6.45) is 1.31. The van der Waals surface area contributed by atoms with Gasteiger partial charge >= 0.3 is 5.69 Å². The van der Waals surface area contributed by atoms with Gasteiger partial charge in [-0.1, -0.05) is 19.9 Å². The second-order valence-corrected chi connectivity index (χ2v) is 7.02. The molecule has 0 bridgehead atoms. The van der Waals surface area contributed by atoms with E-state index < -0.39 is 28.4 Å². The van der Waals surface area contributed by atoms with Gasteiger partial charge in [0, 0.05) is 13.1 Å². The van der Waals surface area contributed by atoms with Crippen molar-refractivity contribution in [3.8, 4) is 11.4 Å². The summed E-state index contributed by atoms with van der Waals surface area (Å²) in [5.74, 6) is -1.14. The Morgan fingerprint density at radius 2 is 1.69 bits per heavy atom. The molecule has 2 aromatic heterocycles. The lowest BCUT2D eigenvalue weighted by Crippen LogP contribution is -2.41. The smallest absolute Gasteiger partial charge is 0.337 e. The van der Waals surface area contributed by atoms with E-state index in [9.17, 15) is 23.9 Å². The first kappa shape index (κ1) is 20.6. The van der Waals surface area contributed by atoms with Crippen LogP contribution in [0.25, 0.3) is 16.7 Å². The van der Waals surface area contributed by atoms with E-state index in [0.29, 0.717) is 18.4 Å². The Morgan fingerprint density at radius 1 is 1.07 bits per heavy atom. The van der Waals surface area contributed by atoms with Crippen molar-refractivity contribution in [3.63, 3.8) is 0 Å². The van der Waals surface area contributed by atoms with Crippen molar-refractivity contribution in [2.75, 3.05) is 0 Å². The van der Waals surface area contributed by atoms with E-state index in [0.717, 1.165) is 13.7 Å². The number of aromatic hydroxyl groups is 1. The van der Waals surface area contributed by atoms with Crippen LogP contribution in [0.5, 0.6) is 5.75 Å². The number of hydrogen-bond acceptors (Lipinski definition) is 4. The number of benzene rings is 1. The van der Waals surface area contributed by atoms with Crippen LogP contribution in [0.2, 0.25) is 0 Å². The van der Waals surface area contributed by atoms with Crippen LogP contribution in [0, 0.1) is 19.7 Å². The molecule has 1 fully saturated rings. The maximum Gasteiger partial charge on any atom is 0.337 e. The summed E-state index contributed by atoms with van der Waals surface area (Å²) in [7, 11) is 1.39. The second kappa shape index (κ2) is 7.35. The molecule has 7 nitrogen and oxygen atoms in total. The Bertz CT molecular complexity index is 1300. The summed E-state index contributed by atoms with van der Waals surface area (Å²) in [5.41, 5.74) is -1.51. The lowest BCUT2D eigenvalue weighted by atomic mass is 10.2. The fourth-order valence-corrected chi connectivity index (χ4v) is 3.44. The molecule has 0 aliphatic heterocycles. The van der Waals surface area contributed by atoms with Crippen molar-refractivity contribution in [3.05, 3.63) is 66.3 Å². The van der Waals surface area contributed by atoms with Gasteiger partial charge in [-0.15, -0.1) is 0 Å². The van der Waals surface area contributed by atoms with Gasteiger partial charge in [0.15, 0.2) is 0 Å². The van der Waals surface area contributed by atoms with E-state index in [4.69, 9.17) is 0 Å². The topological polar surface area (TPSA) is 86.2 Å². The van der Waals surface area contributed by atoms with Crippen molar-refractivity contribution in [2.24, 2.45) is 7.05 Å². The second-order valence-electron chi connectivity index (χ2n) is 7.02. The zero-order valence-electron chi connectivity index (χ0n) is 17.1. The van der Waals surface area contributed by atoms with Crippen molar-refractivity contribution >= 4 is 11.0 Å². The average molecular weight is 401 g/mol. The van der Waals surface area contributed by atoms with E-state index in [1.54, 1.807) is 13.0 Å². The molecule has 0 spiro atoms. The third kappa shape index (κ3) is 3.08. The molecule has 1 aromatic carbocycles.